The molecular formula is C15H15BrN2O3. The van der Waals surface area contributed by atoms with Crippen LogP contribution in [-0.4, -0.2) is 34.0 Å². The quantitative estimate of drug-likeness (QED) is 0.917. The molecule has 1 aromatic carbocycles. The molecule has 6 heteroatoms. The Hall–Kier alpha value is -1.66. The Morgan fingerprint density at radius 2 is 2.38 bits per heavy atom. The average molecular weight is 351 g/mol. The minimum atomic E-state index is -0.722. The number of aromatic nitrogens is 1. The zero-order chi connectivity index (χ0) is 14.8. The Balaban J connectivity index is 1.67. The zero-order valence-electron chi connectivity index (χ0n) is 11.3. The van der Waals surface area contributed by atoms with E-state index >= 15 is 0 Å². The Bertz CT molecular complexity index is 656. The summed E-state index contributed by atoms with van der Waals surface area (Å²) in [7, 11) is 0. The predicted octanol–water partition coefficient (Wildman–Crippen LogP) is 3.01. The number of carboxylic acid groups (broad SMARTS) is 1. The van der Waals surface area contributed by atoms with E-state index in [4.69, 9.17) is 9.52 Å². The Labute approximate surface area is 130 Å². The monoisotopic (exact) mass is 350 g/mol. The molecule has 0 saturated carbocycles. The van der Waals surface area contributed by atoms with Crippen LogP contribution in [0.2, 0.25) is 0 Å². The molecule has 1 N–H and O–H groups in total. The first-order valence-electron chi connectivity index (χ1n) is 6.77. The maximum Gasteiger partial charge on any atom is 0.307 e. The van der Waals surface area contributed by atoms with Gasteiger partial charge in [-0.25, -0.2) is 4.98 Å². The molecule has 1 aromatic heterocycles. The molecule has 1 unspecified atom stereocenters. The van der Waals surface area contributed by atoms with E-state index in [1.54, 1.807) is 6.20 Å². The van der Waals surface area contributed by atoms with Crippen LogP contribution in [0.4, 0.5) is 0 Å². The van der Waals surface area contributed by atoms with E-state index in [9.17, 15) is 4.79 Å². The molecular weight excluding hydrogens is 336 g/mol. The summed E-state index contributed by atoms with van der Waals surface area (Å²) in [6.45, 7) is 1.88. The highest BCUT2D eigenvalue weighted by Gasteiger charge is 2.28. The van der Waals surface area contributed by atoms with Crippen molar-refractivity contribution in [2.75, 3.05) is 13.1 Å². The fraction of sp³-hybridized carbons (Fsp3) is 0.333. The second-order valence-electron chi connectivity index (χ2n) is 5.19. The summed E-state index contributed by atoms with van der Waals surface area (Å²) < 4.78 is 6.75. The van der Waals surface area contributed by atoms with E-state index < -0.39 is 5.97 Å². The van der Waals surface area contributed by atoms with E-state index in [1.165, 1.54) is 0 Å². The normalized spacial score (nSPS) is 19.0. The first-order valence-corrected chi connectivity index (χ1v) is 7.57. The summed E-state index contributed by atoms with van der Waals surface area (Å²) in [6.07, 6.45) is 2.40. The zero-order valence-corrected chi connectivity index (χ0v) is 12.9. The van der Waals surface area contributed by atoms with Crippen molar-refractivity contribution in [2.45, 2.75) is 13.0 Å². The maximum absolute atomic E-state index is 11.0. The number of hydrogen-bond donors (Lipinski definition) is 1. The van der Waals surface area contributed by atoms with Gasteiger partial charge in [0, 0.05) is 16.6 Å². The summed E-state index contributed by atoms with van der Waals surface area (Å²) >= 11 is 3.43. The van der Waals surface area contributed by atoms with E-state index in [0.717, 1.165) is 22.3 Å². The summed E-state index contributed by atoms with van der Waals surface area (Å²) in [6, 6.07) is 7.84. The third-order valence-electron chi connectivity index (χ3n) is 3.64. The van der Waals surface area contributed by atoms with Gasteiger partial charge in [-0.05, 0) is 25.1 Å². The maximum atomic E-state index is 11.0. The van der Waals surface area contributed by atoms with Crippen LogP contribution in [0.5, 0.6) is 0 Å². The molecule has 0 radical (unpaired) electrons. The molecule has 1 aliphatic rings. The second-order valence-corrected chi connectivity index (χ2v) is 6.10. The number of carbonyl (C=O) groups is 1. The Morgan fingerprint density at radius 1 is 1.52 bits per heavy atom. The van der Waals surface area contributed by atoms with Crippen LogP contribution < -0.4 is 0 Å². The van der Waals surface area contributed by atoms with Crippen LogP contribution in [-0.2, 0) is 11.3 Å². The van der Waals surface area contributed by atoms with Gasteiger partial charge in [0.05, 0.1) is 18.7 Å². The number of hydrogen-bond acceptors (Lipinski definition) is 4. The van der Waals surface area contributed by atoms with Crippen LogP contribution in [0, 0.1) is 5.92 Å². The van der Waals surface area contributed by atoms with Gasteiger partial charge in [0.15, 0.2) is 5.76 Å². The number of nitrogens with zero attached hydrogens (tertiary/aromatic N) is 2. The van der Waals surface area contributed by atoms with Gasteiger partial charge < -0.3 is 9.52 Å². The van der Waals surface area contributed by atoms with Gasteiger partial charge in [0.25, 0.3) is 0 Å². The standard InChI is InChI=1S/C15H15BrN2O3/c16-12-3-1-2-10(6-12)13-7-17-14(21-13)9-18-5-4-11(8-18)15(19)20/h1-3,6-7,11H,4-5,8-9H2,(H,19,20). The van der Waals surface area contributed by atoms with Crippen molar-refractivity contribution in [3.63, 3.8) is 0 Å². The van der Waals surface area contributed by atoms with Crippen LogP contribution in [0.25, 0.3) is 11.3 Å². The van der Waals surface area contributed by atoms with Gasteiger partial charge in [0.2, 0.25) is 5.89 Å². The van der Waals surface area contributed by atoms with Gasteiger partial charge >= 0.3 is 5.97 Å². The summed E-state index contributed by atoms with van der Waals surface area (Å²) in [5.74, 6) is 0.348. The molecule has 110 valence electrons. The Morgan fingerprint density at radius 3 is 3.10 bits per heavy atom. The summed E-state index contributed by atoms with van der Waals surface area (Å²) in [5, 5.41) is 9.01. The lowest BCUT2D eigenvalue weighted by molar-refractivity contribution is -0.141. The fourth-order valence-electron chi connectivity index (χ4n) is 2.53. The lowest BCUT2D eigenvalue weighted by atomic mass is 10.1. The number of halogens is 1. The van der Waals surface area contributed by atoms with Crippen molar-refractivity contribution in [3.8, 4) is 11.3 Å². The molecule has 3 rings (SSSR count). The molecule has 21 heavy (non-hydrogen) atoms. The van der Waals surface area contributed by atoms with E-state index in [0.29, 0.717) is 25.4 Å². The van der Waals surface area contributed by atoms with Crippen molar-refractivity contribution >= 4 is 21.9 Å². The molecule has 0 spiro atoms. The smallest absolute Gasteiger partial charge is 0.307 e. The van der Waals surface area contributed by atoms with Crippen molar-refractivity contribution in [2.24, 2.45) is 5.92 Å². The van der Waals surface area contributed by atoms with Gasteiger partial charge in [0.1, 0.15) is 0 Å². The first kappa shape index (κ1) is 14.3. The third kappa shape index (κ3) is 3.33. The molecule has 1 aliphatic heterocycles. The highest BCUT2D eigenvalue weighted by Crippen LogP contribution is 2.25. The fourth-order valence-corrected chi connectivity index (χ4v) is 2.93. The van der Waals surface area contributed by atoms with Gasteiger partial charge in [-0.3, -0.25) is 9.69 Å². The van der Waals surface area contributed by atoms with Gasteiger partial charge in [-0.15, -0.1) is 0 Å². The van der Waals surface area contributed by atoms with Crippen LogP contribution in [0.3, 0.4) is 0 Å². The van der Waals surface area contributed by atoms with Crippen LogP contribution in [0.1, 0.15) is 12.3 Å². The van der Waals surface area contributed by atoms with Crippen LogP contribution in [0.15, 0.2) is 39.4 Å². The van der Waals surface area contributed by atoms with Crippen molar-refractivity contribution in [3.05, 3.63) is 40.8 Å². The summed E-state index contributed by atoms with van der Waals surface area (Å²) in [4.78, 5) is 17.3. The van der Waals surface area contributed by atoms with Crippen LogP contribution >= 0.6 is 15.9 Å². The molecule has 0 amide bonds. The molecule has 0 aliphatic carbocycles. The highest BCUT2D eigenvalue weighted by atomic mass is 79.9. The van der Waals surface area contributed by atoms with Crippen molar-refractivity contribution in [1.82, 2.24) is 9.88 Å². The molecule has 1 fully saturated rings. The largest absolute Gasteiger partial charge is 0.481 e. The molecule has 2 heterocycles. The summed E-state index contributed by atoms with van der Waals surface area (Å²) in [5.41, 5.74) is 0.966. The molecule has 1 saturated heterocycles. The number of aliphatic carboxylic acids is 1. The van der Waals surface area contributed by atoms with Gasteiger partial charge in [-0.2, -0.15) is 0 Å². The number of likely N-dealkylation sites (tertiary alicyclic amines) is 1. The SMILES string of the molecule is O=C(O)C1CCN(Cc2ncc(-c3cccc(Br)c3)o2)C1. The van der Waals surface area contributed by atoms with E-state index in [1.807, 2.05) is 24.3 Å². The topological polar surface area (TPSA) is 66.6 Å². The van der Waals surface area contributed by atoms with Crippen molar-refractivity contribution < 1.29 is 14.3 Å². The van der Waals surface area contributed by atoms with Crippen molar-refractivity contribution in [1.29, 1.82) is 0 Å². The minimum Gasteiger partial charge on any atom is -0.481 e. The van der Waals surface area contributed by atoms with E-state index in [-0.39, 0.29) is 5.92 Å². The predicted molar refractivity (Wildman–Crippen MR) is 80.7 cm³/mol. The molecule has 1 atom stereocenters. The number of carboxylic acids is 1. The Kier molecular flexibility index (Phi) is 4.07. The lowest BCUT2D eigenvalue weighted by Crippen LogP contribution is -2.22. The first-order chi connectivity index (χ1) is 10.1. The third-order valence-corrected chi connectivity index (χ3v) is 4.14. The minimum absolute atomic E-state index is 0.274. The highest BCUT2D eigenvalue weighted by molar-refractivity contribution is 9.10. The van der Waals surface area contributed by atoms with Gasteiger partial charge in [-0.1, -0.05) is 28.1 Å². The molecule has 0 bridgehead atoms. The number of benzene rings is 1. The lowest BCUT2D eigenvalue weighted by Gasteiger charge is -2.11. The molecule has 2 aromatic rings. The average Bonchev–Trinajstić information content (AvgIpc) is 3.08. The number of rotatable bonds is 4. The molecule has 5 nitrogen and oxygen atoms in total. The number of oxazole rings is 1. The second kappa shape index (κ2) is 5.99. The van der Waals surface area contributed by atoms with E-state index in [2.05, 4.69) is 25.8 Å².